The van der Waals surface area contributed by atoms with E-state index in [0.29, 0.717) is 16.7 Å². The lowest BCUT2D eigenvalue weighted by Crippen LogP contribution is -2.59. The Morgan fingerprint density at radius 3 is 2.16 bits per heavy atom. The Bertz CT molecular complexity index is 1660. The van der Waals surface area contributed by atoms with Crippen molar-refractivity contribution in [3.8, 4) is 28.7 Å². The number of rotatable bonds is 7. The number of ether oxygens (including phenoxy) is 6. The van der Waals surface area contributed by atoms with Gasteiger partial charge in [-0.1, -0.05) is 0 Å². The highest BCUT2D eigenvalue weighted by atomic mass is 16.7. The van der Waals surface area contributed by atoms with Crippen LogP contribution in [0.5, 0.6) is 28.7 Å². The van der Waals surface area contributed by atoms with Gasteiger partial charge in [0.25, 0.3) is 0 Å². The highest BCUT2D eigenvalue weighted by Crippen LogP contribution is 2.49. The fourth-order valence-electron chi connectivity index (χ4n) is 5.39. The summed E-state index contributed by atoms with van der Waals surface area (Å²) < 4.78 is 34.9. The number of benzene rings is 2. The summed E-state index contributed by atoms with van der Waals surface area (Å²) in [5, 5.41) is 82.6. The monoisotopic (exact) mass is 626 g/mol. The van der Waals surface area contributed by atoms with E-state index in [2.05, 4.69) is 0 Å². The number of aliphatic hydroxyl groups is 5. The van der Waals surface area contributed by atoms with E-state index in [0.717, 1.165) is 0 Å². The Kier molecular flexibility index (Phi) is 7.76. The van der Waals surface area contributed by atoms with Gasteiger partial charge in [-0.3, -0.25) is 0 Å². The number of hydrogen-bond donors (Lipinski definition) is 8. The van der Waals surface area contributed by atoms with Crippen LogP contribution in [0.1, 0.15) is 11.1 Å². The van der Waals surface area contributed by atoms with E-state index in [1.807, 2.05) is 0 Å². The summed E-state index contributed by atoms with van der Waals surface area (Å²) in [4.78, 5) is 0. The van der Waals surface area contributed by atoms with Crippen LogP contribution in [-0.4, -0.2) is 98.5 Å². The second-order valence-corrected chi connectivity index (χ2v) is 10.5. The lowest BCUT2D eigenvalue weighted by atomic mass is 9.88. The zero-order valence-corrected chi connectivity index (χ0v) is 23.8. The molecule has 1 fully saturated rings. The molecule has 2 aromatic rings. The van der Waals surface area contributed by atoms with Gasteiger partial charge < -0.3 is 69.3 Å². The average Bonchev–Trinajstić information content (AvgIpc) is 3.03. The Morgan fingerprint density at radius 1 is 0.800 bits per heavy atom. The van der Waals surface area contributed by atoms with Gasteiger partial charge in [0.1, 0.15) is 41.7 Å². The summed E-state index contributed by atoms with van der Waals surface area (Å²) in [5.41, 5.74) is 1.27. The molecule has 6 rings (SSSR count). The highest BCUT2D eigenvalue weighted by Gasteiger charge is 2.47. The first-order valence-electron chi connectivity index (χ1n) is 13.7. The van der Waals surface area contributed by atoms with Crippen LogP contribution in [0.15, 0.2) is 77.0 Å². The molecule has 0 saturated carbocycles. The standard InChI is InChI=1S/C31H30O14/c1-40-21-6-13(7-22(41-2)25(21)36)29-30(45-31-28(39)27(38)26(37)23(11-32)44-31)15-10-18(12-3-4-16(34)17(35)5-12)42-19-8-14(33)9-20(43-29)24(15)19/h3-10,20,23,26-28,31-39H,11H2,1-2H3. The van der Waals surface area contributed by atoms with Crippen LogP contribution in [0.4, 0.5) is 0 Å². The van der Waals surface area contributed by atoms with Crippen LogP contribution in [0.3, 0.4) is 0 Å². The molecule has 3 aliphatic heterocycles. The normalized spacial score (nSPS) is 27.4. The lowest BCUT2D eigenvalue weighted by molar-refractivity contribution is -0.290. The maximum atomic E-state index is 10.8. The third kappa shape index (κ3) is 5.18. The summed E-state index contributed by atoms with van der Waals surface area (Å²) in [5.74, 6) is -1.02. The SMILES string of the molecule is COc1cc(C2=C(OC3OC(CO)C(O)C(O)C3O)C3=C4C(=CC(O)=CC4O2)OC(c2ccc(O)c(O)c2)=C3)cc(OC)c1O. The fourth-order valence-corrected chi connectivity index (χ4v) is 5.39. The first kappa shape index (κ1) is 30.2. The summed E-state index contributed by atoms with van der Waals surface area (Å²) in [7, 11) is 2.67. The molecular weight excluding hydrogens is 596 g/mol. The van der Waals surface area contributed by atoms with Crippen molar-refractivity contribution >= 4 is 11.5 Å². The van der Waals surface area contributed by atoms with E-state index in [4.69, 9.17) is 28.4 Å². The molecule has 4 aliphatic rings. The first-order valence-corrected chi connectivity index (χ1v) is 13.7. The molecule has 238 valence electrons. The topological polar surface area (TPSA) is 217 Å². The molecule has 0 aromatic heterocycles. The van der Waals surface area contributed by atoms with Gasteiger partial charge in [0.2, 0.25) is 12.0 Å². The number of phenols is 3. The van der Waals surface area contributed by atoms with Crippen LogP contribution in [-0.2, 0) is 18.9 Å². The first-order chi connectivity index (χ1) is 21.5. The molecule has 14 heteroatoms. The molecule has 8 N–H and O–H groups in total. The third-order valence-corrected chi connectivity index (χ3v) is 7.72. The molecule has 0 spiro atoms. The molecule has 14 nitrogen and oxygen atoms in total. The van der Waals surface area contributed by atoms with Crippen LogP contribution in [0.25, 0.3) is 11.5 Å². The van der Waals surface area contributed by atoms with Gasteiger partial charge in [0.05, 0.1) is 26.4 Å². The highest BCUT2D eigenvalue weighted by molar-refractivity contribution is 5.80. The average molecular weight is 627 g/mol. The minimum Gasteiger partial charge on any atom is -0.508 e. The smallest absolute Gasteiger partial charge is 0.229 e. The summed E-state index contributed by atoms with van der Waals surface area (Å²) in [6, 6.07) is 6.88. The number of hydrogen-bond acceptors (Lipinski definition) is 14. The molecule has 45 heavy (non-hydrogen) atoms. The number of aliphatic hydroxyl groups excluding tert-OH is 5. The van der Waals surface area contributed by atoms with Gasteiger partial charge in [-0.2, -0.15) is 0 Å². The quantitative estimate of drug-likeness (QED) is 0.204. The van der Waals surface area contributed by atoms with Crippen LogP contribution in [0, 0.1) is 0 Å². The molecule has 0 radical (unpaired) electrons. The van der Waals surface area contributed by atoms with Gasteiger partial charge in [-0.25, -0.2) is 0 Å². The Morgan fingerprint density at radius 2 is 1.51 bits per heavy atom. The Hall–Kier alpha value is -4.86. The Labute approximate surface area is 255 Å². The van der Waals surface area contributed by atoms with Gasteiger partial charge in [0, 0.05) is 28.9 Å². The summed E-state index contributed by atoms with van der Waals surface area (Å²) in [6.07, 6.45) is -4.77. The molecule has 0 bridgehead atoms. The van der Waals surface area contributed by atoms with Crippen molar-refractivity contribution < 1.29 is 69.3 Å². The van der Waals surface area contributed by atoms with E-state index in [1.165, 1.54) is 56.7 Å². The van der Waals surface area contributed by atoms with Gasteiger partial charge >= 0.3 is 0 Å². The number of phenolic OH excluding ortho intramolecular Hbond substituents is 3. The largest absolute Gasteiger partial charge is 0.508 e. The van der Waals surface area contributed by atoms with Gasteiger partial charge in [-0.05, 0) is 36.4 Å². The van der Waals surface area contributed by atoms with Crippen molar-refractivity contribution in [2.75, 3.05) is 20.8 Å². The zero-order chi connectivity index (χ0) is 32.2. The van der Waals surface area contributed by atoms with E-state index in [1.54, 1.807) is 6.08 Å². The predicted octanol–water partition coefficient (Wildman–Crippen LogP) is 1.41. The van der Waals surface area contributed by atoms with Crippen molar-refractivity contribution in [2.24, 2.45) is 0 Å². The van der Waals surface area contributed by atoms with Crippen molar-refractivity contribution in [1.29, 1.82) is 0 Å². The minimum absolute atomic E-state index is 0.0105. The van der Waals surface area contributed by atoms with Crippen molar-refractivity contribution in [3.63, 3.8) is 0 Å². The predicted molar refractivity (Wildman–Crippen MR) is 153 cm³/mol. The lowest BCUT2D eigenvalue weighted by Gasteiger charge is -2.41. The molecular formula is C31H30O14. The van der Waals surface area contributed by atoms with Crippen molar-refractivity contribution in [2.45, 2.75) is 36.8 Å². The molecule has 2 aromatic carbocycles. The second kappa shape index (κ2) is 11.6. The number of methoxy groups -OCH3 is 2. The van der Waals surface area contributed by atoms with E-state index in [-0.39, 0.29) is 57.4 Å². The minimum atomic E-state index is -1.79. The number of allylic oxidation sites excluding steroid dienone is 2. The van der Waals surface area contributed by atoms with E-state index in [9.17, 15) is 40.9 Å². The van der Waals surface area contributed by atoms with Crippen LogP contribution < -0.4 is 9.47 Å². The van der Waals surface area contributed by atoms with Crippen LogP contribution >= 0.6 is 0 Å². The molecule has 6 unspecified atom stereocenters. The summed E-state index contributed by atoms with van der Waals surface area (Å²) in [6.45, 7) is -0.700. The van der Waals surface area contributed by atoms with Crippen molar-refractivity contribution in [1.82, 2.24) is 0 Å². The van der Waals surface area contributed by atoms with E-state index >= 15 is 0 Å². The van der Waals surface area contributed by atoms with E-state index < -0.39 is 49.2 Å². The maximum absolute atomic E-state index is 10.8. The van der Waals surface area contributed by atoms with Gasteiger partial charge in [0.15, 0.2) is 40.6 Å². The number of aromatic hydroxyl groups is 3. The molecule has 3 heterocycles. The van der Waals surface area contributed by atoms with Crippen molar-refractivity contribution in [3.05, 3.63) is 88.1 Å². The zero-order valence-electron chi connectivity index (χ0n) is 23.8. The molecule has 0 amide bonds. The second-order valence-electron chi connectivity index (χ2n) is 10.5. The Balaban J connectivity index is 1.58. The summed E-state index contributed by atoms with van der Waals surface area (Å²) >= 11 is 0. The maximum Gasteiger partial charge on any atom is 0.229 e. The van der Waals surface area contributed by atoms with Gasteiger partial charge in [-0.15, -0.1) is 0 Å². The van der Waals surface area contributed by atoms with Crippen LogP contribution in [0.2, 0.25) is 0 Å². The molecule has 1 saturated heterocycles. The molecule has 6 atom stereocenters. The fraction of sp³-hybridized carbons (Fsp3) is 0.290. The molecule has 1 aliphatic carbocycles. The third-order valence-electron chi connectivity index (χ3n) is 7.72.